The molecule has 0 amide bonds. The Morgan fingerprint density at radius 1 is 1.00 bits per heavy atom. The molecule has 0 radical (unpaired) electrons. The van der Waals surface area contributed by atoms with Gasteiger partial charge in [0.2, 0.25) is 10.1 Å². The fourth-order valence-electron chi connectivity index (χ4n) is 3.36. The van der Waals surface area contributed by atoms with Crippen LogP contribution in [0.1, 0.15) is 12.8 Å². The van der Waals surface area contributed by atoms with Crippen molar-refractivity contribution in [2.45, 2.75) is 18.9 Å². The van der Waals surface area contributed by atoms with Gasteiger partial charge >= 0.3 is 0 Å². The van der Waals surface area contributed by atoms with E-state index in [0.717, 1.165) is 58.8 Å². The molecule has 1 aliphatic rings. The Morgan fingerprint density at radius 3 is 2.45 bits per heavy atom. The summed E-state index contributed by atoms with van der Waals surface area (Å²) in [6, 6.07) is 16.5. The molecule has 0 spiro atoms. The fraction of sp³-hybridized carbons (Fsp3) is 0.238. The number of nitrogens with zero attached hydrogens (tertiary/aromatic N) is 3. The molecule has 148 valence electrons. The van der Waals surface area contributed by atoms with E-state index in [1.54, 1.807) is 4.52 Å². The van der Waals surface area contributed by atoms with Gasteiger partial charge in [0, 0.05) is 41.2 Å². The highest BCUT2D eigenvalue weighted by Crippen LogP contribution is 2.27. The Morgan fingerprint density at radius 2 is 1.72 bits per heavy atom. The van der Waals surface area contributed by atoms with Gasteiger partial charge in [0.05, 0.1) is 11.9 Å². The SMILES string of the molecule is Clc1ccc(-c2cn3nc(Nc4ccc(NC5CCOCC5)cc4)sc3n2)cc1. The minimum Gasteiger partial charge on any atom is -0.382 e. The number of hydrogen-bond donors (Lipinski definition) is 2. The molecule has 1 saturated heterocycles. The Balaban J connectivity index is 1.26. The molecule has 2 aromatic carbocycles. The molecule has 0 aliphatic carbocycles. The molecular formula is C21H20ClN5OS. The number of imidazole rings is 1. The average molecular weight is 426 g/mol. The molecule has 1 fully saturated rings. The number of aromatic nitrogens is 3. The second kappa shape index (κ2) is 8.02. The lowest BCUT2D eigenvalue weighted by molar-refractivity contribution is 0.0904. The van der Waals surface area contributed by atoms with Crippen molar-refractivity contribution >= 4 is 44.4 Å². The predicted octanol–water partition coefficient (Wildman–Crippen LogP) is 5.45. The highest BCUT2D eigenvalue weighted by Gasteiger charge is 2.13. The van der Waals surface area contributed by atoms with E-state index in [2.05, 4.69) is 45.0 Å². The number of anilines is 3. The lowest BCUT2D eigenvalue weighted by atomic mass is 10.1. The van der Waals surface area contributed by atoms with Crippen LogP contribution >= 0.6 is 22.9 Å². The van der Waals surface area contributed by atoms with Gasteiger partial charge in [-0.3, -0.25) is 0 Å². The molecule has 8 heteroatoms. The van der Waals surface area contributed by atoms with Gasteiger partial charge in [-0.15, -0.1) is 5.10 Å². The lowest BCUT2D eigenvalue weighted by Gasteiger charge is -2.24. The normalized spacial score (nSPS) is 14.9. The third kappa shape index (κ3) is 4.22. The molecular weight excluding hydrogens is 406 g/mol. The van der Waals surface area contributed by atoms with Crippen molar-refractivity contribution in [1.29, 1.82) is 0 Å². The topological polar surface area (TPSA) is 63.5 Å². The quantitative estimate of drug-likeness (QED) is 0.445. The van der Waals surface area contributed by atoms with Crippen molar-refractivity contribution in [2.75, 3.05) is 23.8 Å². The van der Waals surface area contributed by atoms with Crippen LogP contribution in [0.5, 0.6) is 0 Å². The summed E-state index contributed by atoms with van der Waals surface area (Å²) < 4.78 is 7.21. The van der Waals surface area contributed by atoms with Crippen LogP contribution in [0.4, 0.5) is 16.5 Å². The first-order valence-corrected chi connectivity index (χ1v) is 10.8. The number of benzene rings is 2. The van der Waals surface area contributed by atoms with E-state index >= 15 is 0 Å². The van der Waals surface area contributed by atoms with Gasteiger partial charge in [-0.05, 0) is 49.2 Å². The third-order valence-corrected chi connectivity index (χ3v) is 6.00. The Bertz CT molecular complexity index is 1070. The smallest absolute Gasteiger partial charge is 0.214 e. The molecule has 0 saturated carbocycles. The van der Waals surface area contributed by atoms with Gasteiger partial charge in [-0.1, -0.05) is 35.1 Å². The van der Waals surface area contributed by atoms with Crippen molar-refractivity contribution in [3.8, 4) is 11.3 Å². The van der Waals surface area contributed by atoms with Crippen molar-refractivity contribution in [2.24, 2.45) is 0 Å². The molecule has 3 heterocycles. The summed E-state index contributed by atoms with van der Waals surface area (Å²) in [5.41, 5.74) is 4.03. The summed E-state index contributed by atoms with van der Waals surface area (Å²) in [7, 11) is 0. The molecule has 0 atom stereocenters. The number of halogens is 1. The zero-order valence-corrected chi connectivity index (χ0v) is 17.2. The van der Waals surface area contributed by atoms with Crippen LogP contribution in [0, 0.1) is 0 Å². The van der Waals surface area contributed by atoms with Crippen LogP contribution in [0.15, 0.2) is 54.7 Å². The zero-order chi connectivity index (χ0) is 19.6. The van der Waals surface area contributed by atoms with Gasteiger partial charge < -0.3 is 15.4 Å². The maximum atomic E-state index is 5.96. The van der Waals surface area contributed by atoms with Crippen molar-refractivity contribution in [1.82, 2.24) is 14.6 Å². The number of ether oxygens (including phenoxy) is 1. The molecule has 1 aliphatic heterocycles. The highest BCUT2D eigenvalue weighted by atomic mass is 35.5. The first-order chi connectivity index (χ1) is 14.2. The predicted molar refractivity (Wildman–Crippen MR) is 118 cm³/mol. The maximum absolute atomic E-state index is 5.96. The number of fused-ring (bicyclic) bond motifs is 1. The number of rotatable bonds is 5. The van der Waals surface area contributed by atoms with E-state index in [9.17, 15) is 0 Å². The van der Waals surface area contributed by atoms with Crippen LogP contribution in [0.3, 0.4) is 0 Å². The Labute approximate surface area is 177 Å². The standard InChI is InChI=1S/C21H20ClN5OS/c22-15-3-1-14(2-4-15)19-13-27-21(25-19)29-20(26-27)24-17-7-5-16(6-8-17)23-18-9-11-28-12-10-18/h1-8,13,18,23H,9-12H2,(H,24,26). The first kappa shape index (κ1) is 18.4. The van der Waals surface area contributed by atoms with Gasteiger partial charge in [-0.25, -0.2) is 9.50 Å². The van der Waals surface area contributed by atoms with Crippen molar-refractivity contribution in [3.63, 3.8) is 0 Å². The van der Waals surface area contributed by atoms with Crippen LogP contribution < -0.4 is 10.6 Å². The summed E-state index contributed by atoms with van der Waals surface area (Å²) in [6.45, 7) is 1.67. The Hall–Kier alpha value is -2.61. The largest absolute Gasteiger partial charge is 0.382 e. The van der Waals surface area contributed by atoms with E-state index in [0.29, 0.717) is 11.1 Å². The summed E-state index contributed by atoms with van der Waals surface area (Å²) in [5.74, 6) is 0. The summed E-state index contributed by atoms with van der Waals surface area (Å²) >= 11 is 7.48. The van der Waals surface area contributed by atoms with E-state index in [1.165, 1.54) is 11.3 Å². The van der Waals surface area contributed by atoms with Crippen LogP contribution in [-0.2, 0) is 4.74 Å². The molecule has 2 N–H and O–H groups in total. The fourth-order valence-corrected chi connectivity index (χ4v) is 4.29. The van der Waals surface area contributed by atoms with E-state index in [4.69, 9.17) is 16.3 Å². The van der Waals surface area contributed by atoms with Crippen LogP contribution in [0.2, 0.25) is 5.02 Å². The molecule has 5 rings (SSSR count). The Kier molecular flexibility index (Phi) is 5.10. The second-order valence-electron chi connectivity index (χ2n) is 7.00. The van der Waals surface area contributed by atoms with Crippen LogP contribution in [0.25, 0.3) is 16.2 Å². The number of hydrogen-bond acceptors (Lipinski definition) is 6. The van der Waals surface area contributed by atoms with E-state index < -0.39 is 0 Å². The van der Waals surface area contributed by atoms with Gasteiger partial charge in [-0.2, -0.15) is 0 Å². The lowest BCUT2D eigenvalue weighted by Crippen LogP contribution is -2.27. The van der Waals surface area contributed by atoms with Gasteiger partial charge in [0.25, 0.3) is 0 Å². The highest BCUT2D eigenvalue weighted by molar-refractivity contribution is 7.20. The summed E-state index contributed by atoms with van der Waals surface area (Å²) in [4.78, 5) is 5.51. The van der Waals surface area contributed by atoms with E-state index in [1.807, 2.05) is 30.5 Å². The van der Waals surface area contributed by atoms with Crippen LogP contribution in [-0.4, -0.2) is 33.9 Å². The molecule has 0 bridgehead atoms. The summed E-state index contributed by atoms with van der Waals surface area (Å²) in [6.07, 6.45) is 4.04. The molecule has 2 aromatic heterocycles. The average Bonchev–Trinajstić information content (AvgIpc) is 3.29. The zero-order valence-electron chi connectivity index (χ0n) is 15.6. The number of nitrogens with one attached hydrogen (secondary N) is 2. The molecule has 0 unspecified atom stereocenters. The first-order valence-electron chi connectivity index (χ1n) is 9.56. The van der Waals surface area contributed by atoms with E-state index in [-0.39, 0.29) is 0 Å². The minimum atomic E-state index is 0.490. The second-order valence-corrected chi connectivity index (χ2v) is 8.39. The summed E-state index contributed by atoms with van der Waals surface area (Å²) in [5, 5.41) is 13.0. The third-order valence-electron chi connectivity index (χ3n) is 4.91. The van der Waals surface area contributed by atoms with Crippen molar-refractivity contribution < 1.29 is 4.74 Å². The monoisotopic (exact) mass is 425 g/mol. The van der Waals surface area contributed by atoms with Gasteiger partial charge in [0.15, 0.2) is 0 Å². The molecule has 4 aromatic rings. The van der Waals surface area contributed by atoms with Crippen molar-refractivity contribution in [3.05, 3.63) is 59.8 Å². The molecule has 29 heavy (non-hydrogen) atoms. The minimum absolute atomic E-state index is 0.490. The van der Waals surface area contributed by atoms with Gasteiger partial charge in [0.1, 0.15) is 0 Å². The maximum Gasteiger partial charge on any atom is 0.214 e. The molecule has 6 nitrogen and oxygen atoms in total.